The number of hydrogen-bond acceptors (Lipinski definition) is 5. The SMILES string of the molecule is COc1ccc(CCC(=O)N[C@H](c2cnn(C)c2)C2CC(O)C2)cc1OC. The summed E-state index contributed by atoms with van der Waals surface area (Å²) < 4.78 is 12.3. The highest BCUT2D eigenvalue weighted by Gasteiger charge is 2.36. The van der Waals surface area contributed by atoms with E-state index < -0.39 is 0 Å². The minimum absolute atomic E-state index is 0.0139. The van der Waals surface area contributed by atoms with Gasteiger partial charge in [0, 0.05) is 25.2 Å². The average molecular weight is 373 g/mol. The predicted octanol–water partition coefficient (Wildman–Crippen LogP) is 2.00. The monoisotopic (exact) mass is 373 g/mol. The molecule has 1 aliphatic rings. The number of nitrogens with zero attached hydrogens (tertiary/aromatic N) is 2. The van der Waals surface area contributed by atoms with Crippen LogP contribution in [0, 0.1) is 5.92 Å². The second-order valence-electron chi connectivity index (χ2n) is 7.07. The third-order valence-electron chi connectivity index (χ3n) is 5.11. The van der Waals surface area contributed by atoms with E-state index in [4.69, 9.17) is 9.47 Å². The normalized spacial score (nSPS) is 19.9. The molecule has 0 spiro atoms. The van der Waals surface area contributed by atoms with Crippen LogP contribution >= 0.6 is 0 Å². The number of carbonyl (C=O) groups excluding carboxylic acids is 1. The van der Waals surface area contributed by atoms with Gasteiger partial charge in [-0.2, -0.15) is 5.10 Å². The topological polar surface area (TPSA) is 85.6 Å². The summed E-state index contributed by atoms with van der Waals surface area (Å²) in [5, 5.41) is 17.0. The van der Waals surface area contributed by atoms with Crippen LogP contribution in [0.3, 0.4) is 0 Å². The van der Waals surface area contributed by atoms with Crippen LogP contribution in [0.1, 0.15) is 36.4 Å². The van der Waals surface area contributed by atoms with Crippen molar-refractivity contribution in [2.45, 2.75) is 37.8 Å². The highest BCUT2D eigenvalue weighted by Crippen LogP contribution is 2.38. The fourth-order valence-corrected chi connectivity index (χ4v) is 3.52. The zero-order valence-corrected chi connectivity index (χ0v) is 16.0. The lowest BCUT2D eigenvalue weighted by atomic mass is 9.75. The minimum Gasteiger partial charge on any atom is -0.493 e. The molecule has 0 bridgehead atoms. The van der Waals surface area contributed by atoms with Crippen molar-refractivity contribution in [3.63, 3.8) is 0 Å². The van der Waals surface area contributed by atoms with Gasteiger partial charge in [0.15, 0.2) is 11.5 Å². The first kappa shape index (κ1) is 19.2. The maximum Gasteiger partial charge on any atom is 0.220 e. The first-order valence-electron chi connectivity index (χ1n) is 9.17. The second kappa shape index (κ2) is 8.43. The van der Waals surface area contributed by atoms with Gasteiger partial charge in [-0.15, -0.1) is 0 Å². The molecular weight excluding hydrogens is 346 g/mol. The van der Waals surface area contributed by atoms with Gasteiger partial charge in [-0.1, -0.05) is 6.07 Å². The van der Waals surface area contributed by atoms with E-state index in [1.165, 1.54) is 0 Å². The van der Waals surface area contributed by atoms with Crippen LogP contribution in [0.4, 0.5) is 0 Å². The lowest BCUT2D eigenvalue weighted by molar-refractivity contribution is -0.123. The maximum absolute atomic E-state index is 12.6. The van der Waals surface area contributed by atoms with Gasteiger partial charge in [0.25, 0.3) is 0 Å². The Morgan fingerprint density at radius 2 is 2.07 bits per heavy atom. The van der Waals surface area contributed by atoms with E-state index in [-0.39, 0.29) is 24.0 Å². The van der Waals surface area contributed by atoms with Crippen LogP contribution in [0.25, 0.3) is 0 Å². The molecule has 0 radical (unpaired) electrons. The number of carbonyl (C=O) groups is 1. The van der Waals surface area contributed by atoms with E-state index in [1.807, 2.05) is 31.4 Å². The molecule has 3 rings (SSSR count). The Morgan fingerprint density at radius 1 is 1.33 bits per heavy atom. The molecule has 1 amide bonds. The zero-order chi connectivity index (χ0) is 19.4. The smallest absolute Gasteiger partial charge is 0.220 e. The van der Waals surface area contributed by atoms with Crippen molar-refractivity contribution in [3.05, 3.63) is 41.7 Å². The molecule has 0 aliphatic heterocycles. The largest absolute Gasteiger partial charge is 0.493 e. The Morgan fingerprint density at radius 3 is 2.67 bits per heavy atom. The summed E-state index contributed by atoms with van der Waals surface area (Å²) in [6.45, 7) is 0. The third kappa shape index (κ3) is 4.60. The summed E-state index contributed by atoms with van der Waals surface area (Å²) in [6.07, 6.45) is 5.83. The Balaban J connectivity index is 1.61. The number of hydrogen-bond donors (Lipinski definition) is 2. The molecule has 7 nitrogen and oxygen atoms in total. The van der Waals surface area contributed by atoms with E-state index in [2.05, 4.69) is 10.4 Å². The van der Waals surface area contributed by atoms with Gasteiger partial charge >= 0.3 is 0 Å². The lowest BCUT2D eigenvalue weighted by Gasteiger charge is -2.37. The molecule has 0 saturated heterocycles. The van der Waals surface area contributed by atoms with Crippen molar-refractivity contribution in [2.75, 3.05) is 14.2 Å². The summed E-state index contributed by atoms with van der Waals surface area (Å²) >= 11 is 0. The number of aromatic nitrogens is 2. The molecule has 1 aromatic carbocycles. The number of rotatable bonds is 8. The fourth-order valence-electron chi connectivity index (χ4n) is 3.52. The Labute approximate surface area is 159 Å². The first-order chi connectivity index (χ1) is 13.0. The van der Waals surface area contributed by atoms with Crippen LogP contribution < -0.4 is 14.8 Å². The average Bonchev–Trinajstić information content (AvgIpc) is 3.08. The Bertz CT molecular complexity index is 783. The molecule has 27 heavy (non-hydrogen) atoms. The van der Waals surface area contributed by atoms with Crippen molar-refractivity contribution >= 4 is 5.91 Å². The predicted molar refractivity (Wildman–Crippen MR) is 101 cm³/mol. The fraction of sp³-hybridized carbons (Fsp3) is 0.500. The van der Waals surface area contributed by atoms with Crippen molar-refractivity contribution in [1.82, 2.24) is 15.1 Å². The van der Waals surface area contributed by atoms with Crippen LogP contribution in [-0.4, -0.2) is 41.1 Å². The zero-order valence-electron chi connectivity index (χ0n) is 16.0. The van der Waals surface area contributed by atoms with Gasteiger partial charge in [-0.05, 0) is 42.9 Å². The number of methoxy groups -OCH3 is 2. The lowest BCUT2D eigenvalue weighted by Crippen LogP contribution is -2.41. The molecule has 0 unspecified atom stereocenters. The number of aliphatic hydroxyl groups excluding tert-OH is 1. The maximum atomic E-state index is 12.6. The van der Waals surface area contributed by atoms with Crippen LogP contribution in [0.5, 0.6) is 11.5 Å². The van der Waals surface area contributed by atoms with Crippen molar-refractivity contribution in [3.8, 4) is 11.5 Å². The van der Waals surface area contributed by atoms with Crippen molar-refractivity contribution in [1.29, 1.82) is 0 Å². The van der Waals surface area contributed by atoms with Gasteiger partial charge in [0.05, 0.1) is 32.6 Å². The number of amides is 1. The molecule has 1 heterocycles. The molecule has 2 aromatic rings. The molecule has 1 aliphatic carbocycles. The second-order valence-corrected chi connectivity index (χ2v) is 7.07. The van der Waals surface area contributed by atoms with Crippen molar-refractivity contribution < 1.29 is 19.4 Å². The molecule has 7 heteroatoms. The van der Waals surface area contributed by atoms with Crippen LogP contribution in [0.2, 0.25) is 0 Å². The van der Waals surface area contributed by atoms with Gasteiger partial charge in [0.2, 0.25) is 5.91 Å². The first-order valence-corrected chi connectivity index (χ1v) is 9.17. The van der Waals surface area contributed by atoms with Crippen molar-refractivity contribution in [2.24, 2.45) is 13.0 Å². The van der Waals surface area contributed by atoms with Crippen LogP contribution in [-0.2, 0) is 18.3 Å². The van der Waals surface area contributed by atoms with E-state index in [0.29, 0.717) is 37.2 Å². The van der Waals surface area contributed by atoms with Gasteiger partial charge in [0.1, 0.15) is 0 Å². The number of benzene rings is 1. The molecule has 1 fully saturated rings. The summed E-state index contributed by atoms with van der Waals surface area (Å²) in [7, 11) is 5.05. The number of nitrogens with one attached hydrogen (secondary N) is 1. The number of aryl methyl sites for hydroxylation is 2. The van der Waals surface area contributed by atoms with Gasteiger partial charge < -0.3 is 19.9 Å². The summed E-state index contributed by atoms with van der Waals surface area (Å²) in [5.74, 6) is 1.56. The molecular formula is C20H27N3O4. The Hall–Kier alpha value is -2.54. The molecule has 146 valence electrons. The highest BCUT2D eigenvalue weighted by molar-refractivity contribution is 5.76. The quantitative estimate of drug-likeness (QED) is 0.739. The molecule has 1 saturated carbocycles. The van der Waals surface area contributed by atoms with E-state index >= 15 is 0 Å². The van der Waals surface area contributed by atoms with Gasteiger partial charge in [-0.3, -0.25) is 9.48 Å². The van der Waals surface area contributed by atoms with E-state index in [0.717, 1.165) is 11.1 Å². The molecule has 1 atom stereocenters. The van der Waals surface area contributed by atoms with E-state index in [9.17, 15) is 9.90 Å². The highest BCUT2D eigenvalue weighted by atomic mass is 16.5. The number of aliphatic hydroxyl groups is 1. The minimum atomic E-state index is -0.266. The Kier molecular flexibility index (Phi) is 6.01. The molecule has 2 N–H and O–H groups in total. The standard InChI is InChI=1S/C20H27N3O4/c1-23-12-15(11-21-23)20(14-9-16(24)10-14)22-19(25)7-5-13-4-6-17(26-2)18(8-13)27-3/h4,6,8,11-12,14,16,20,24H,5,7,9-10H2,1-3H3,(H,22,25)/t14?,16?,20-/m0/s1. The summed E-state index contributed by atoms with van der Waals surface area (Å²) in [6, 6.07) is 5.57. The number of ether oxygens (including phenoxy) is 2. The van der Waals surface area contributed by atoms with Gasteiger partial charge in [-0.25, -0.2) is 0 Å². The van der Waals surface area contributed by atoms with E-state index in [1.54, 1.807) is 25.1 Å². The molecule has 1 aromatic heterocycles. The summed E-state index contributed by atoms with van der Waals surface area (Å²) in [4.78, 5) is 12.6. The van der Waals surface area contributed by atoms with Crippen LogP contribution in [0.15, 0.2) is 30.6 Å². The summed E-state index contributed by atoms with van der Waals surface area (Å²) in [5.41, 5.74) is 1.99. The third-order valence-corrected chi connectivity index (χ3v) is 5.11.